The van der Waals surface area contributed by atoms with E-state index in [0.717, 1.165) is 19.4 Å². The van der Waals surface area contributed by atoms with Gasteiger partial charge in [0, 0.05) is 12.3 Å². The lowest BCUT2D eigenvalue weighted by Gasteiger charge is -2.20. The Morgan fingerprint density at radius 2 is 2.10 bits per heavy atom. The van der Waals surface area contributed by atoms with Gasteiger partial charge in [0.25, 0.3) is 0 Å². The molecule has 0 aromatic heterocycles. The van der Waals surface area contributed by atoms with Gasteiger partial charge in [-0.25, -0.2) is 0 Å². The van der Waals surface area contributed by atoms with Gasteiger partial charge in [-0.1, -0.05) is 43.7 Å². The molecule has 1 unspecified atom stereocenters. The molecule has 1 aromatic rings. The fraction of sp³-hybridized carbons (Fsp3) is 0.500. The number of hydrogen-bond donors (Lipinski definition) is 2. The minimum Gasteiger partial charge on any atom is -0.361 e. The molecular weight excluding hydrogens is 266 g/mol. The smallest absolute Gasteiger partial charge is 0.186 e. The second kappa shape index (κ2) is 8.00. The Bertz CT molecular complexity index is 456. The second-order valence-electron chi connectivity index (χ2n) is 5.35. The summed E-state index contributed by atoms with van der Waals surface area (Å²) in [5.74, 6) is 0.586. The van der Waals surface area contributed by atoms with Crippen molar-refractivity contribution in [2.24, 2.45) is 11.0 Å². The monoisotopic (exact) mass is 289 g/mol. The Kier molecular flexibility index (Phi) is 5.99. The first-order valence-corrected chi connectivity index (χ1v) is 7.81. The zero-order valence-electron chi connectivity index (χ0n) is 12.1. The molecule has 0 amide bonds. The molecule has 1 saturated carbocycles. The van der Waals surface area contributed by atoms with Gasteiger partial charge >= 0.3 is 0 Å². The van der Waals surface area contributed by atoms with Gasteiger partial charge in [0.05, 0.1) is 0 Å². The molecule has 0 heterocycles. The van der Waals surface area contributed by atoms with Crippen LogP contribution in [0.3, 0.4) is 0 Å². The fourth-order valence-electron chi connectivity index (χ4n) is 2.46. The summed E-state index contributed by atoms with van der Waals surface area (Å²) in [5.41, 5.74) is 5.55. The van der Waals surface area contributed by atoms with Crippen LogP contribution in [0.4, 0.5) is 0 Å². The van der Waals surface area contributed by atoms with Crippen LogP contribution < -0.4 is 10.7 Å². The topological polar surface area (TPSA) is 36.4 Å². The van der Waals surface area contributed by atoms with E-state index >= 15 is 0 Å². The lowest BCUT2D eigenvalue weighted by Crippen LogP contribution is -2.34. The highest BCUT2D eigenvalue weighted by atomic mass is 32.1. The first-order valence-electron chi connectivity index (χ1n) is 7.40. The summed E-state index contributed by atoms with van der Waals surface area (Å²) in [7, 11) is 0. The van der Waals surface area contributed by atoms with Crippen LogP contribution in [0.15, 0.2) is 35.4 Å². The molecule has 4 heteroatoms. The minimum atomic E-state index is 0.586. The molecular formula is C16H23N3S. The summed E-state index contributed by atoms with van der Waals surface area (Å²) >= 11 is 5.25. The molecule has 1 aliphatic rings. The molecule has 1 fully saturated rings. The average molecular weight is 289 g/mol. The molecule has 0 radical (unpaired) electrons. The third kappa shape index (κ3) is 4.93. The number of benzene rings is 1. The third-order valence-electron chi connectivity index (χ3n) is 3.73. The van der Waals surface area contributed by atoms with Crippen molar-refractivity contribution in [2.45, 2.75) is 39.0 Å². The maximum Gasteiger partial charge on any atom is 0.186 e. The lowest BCUT2D eigenvalue weighted by atomic mass is 9.89. The van der Waals surface area contributed by atoms with Crippen molar-refractivity contribution in [1.29, 1.82) is 0 Å². The van der Waals surface area contributed by atoms with E-state index in [0.29, 0.717) is 11.0 Å². The molecule has 2 N–H and O–H groups in total. The van der Waals surface area contributed by atoms with Gasteiger partial charge in [0.1, 0.15) is 0 Å². The number of hydrazone groups is 1. The van der Waals surface area contributed by atoms with Crippen LogP contribution in [-0.2, 0) is 6.42 Å². The van der Waals surface area contributed by atoms with E-state index in [1.807, 2.05) is 6.07 Å². The Morgan fingerprint density at radius 3 is 2.85 bits per heavy atom. The Morgan fingerprint density at radius 1 is 1.30 bits per heavy atom. The number of hydrogen-bond acceptors (Lipinski definition) is 2. The number of nitrogens with one attached hydrogen (secondary N) is 2. The van der Waals surface area contributed by atoms with Crippen LogP contribution >= 0.6 is 12.2 Å². The molecule has 3 nitrogen and oxygen atoms in total. The van der Waals surface area contributed by atoms with Crippen molar-refractivity contribution >= 4 is 23.0 Å². The Labute approximate surface area is 126 Å². The SMILES string of the molecule is CC1CCCCC1=NNC(=S)NCCc1ccccc1. The standard InChI is InChI=1S/C16H23N3S/c1-13-7-5-6-10-15(13)18-19-16(20)17-12-11-14-8-3-2-4-9-14/h2-4,8-9,13H,5-7,10-12H2,1H3,(H2,17,19,20). The fourth-order valence-corrected chi connectivity index (χ4v) is 2.61. The van der Waals surface area contributed by atoms with E-state index in [1.54, 1.807) is 0 Å². The van der Waals surface area contributed by atoms with Gasteiger partial charge in [-0.15, -0.1) is 0 Å². The molecule has 0 spiro atoms. The molecule has 0 saturated heterocycles. The number of rotatable bonds is 4. The maximum atomic E-state index is 5.25. The lowest BCUT2D eigenvalue weighted by molar-refractivity contribution is 0.555. The van der Waals surface area contributed by atoms with E-state index in [9.17, 15) is 0 Å². The summed E-state index contributed by atoms with van der Waals surface area (Å²) in [6.45, 7) is 3.07. The van der Waals surface area contributed by atoms with E-state index in [-0.39, 0.29) is 0 Å². The van der Waals surface area contributed by atoms with Crippen LogP contribution in [0.2, 0.25) is 0 Å². The van der Waals surface area contributed by atoms with Gasteiger partial charge in [-0.2, -0.15) is 5.10 Å². The number of nitrogens with zero attached hydrogens (tertiary/aromatic N) is 1. The van der Waals surface area contributed by atoms with Crippen molar-refractivity contribution in [3.8, 4) is 0 Å². The van der Waals surface area contributed by atoms with Gasteiger partial charge in [0.2, 0.25) is 0 Å². The average Bonchev–Trinajstić information content (AvgIpc) is 2.47. The summed E-state index contributed by atoms with van der Waals surface area (Å²) < 4.78 is 0. The summed E-state index contributed by atoms with van der Waals surface area (Å²) in [4.78, 5) is 0. The van der Waals surface area contributed by atoms with Gasteiger partial charge < -0.3 is 5.32 Å². The quantitative estimate of drug-likeness (QED) is 0.660. The van der Waals surface area contributed by atoms with Crippen molar-refractivity contribution in [3.05, 3.63) is 35.9 Å². The molecule has 0 aliphatic heterocycles. The van der Waals surface area contributed by atoms with Crippen LogP contribution in [0.25, 0.3) is 0 Å². The predicted octanol–water partition coefficient (Wildman–Crippen LogP) is 3.26. The van der Waals surface area contributed by atoms with Crippen LogP contribution in [0, 0.1) is 5.92 Å². The first kappa shape index (κ1) is 15.0. The van der Waals surface area contributed by atoms with E-state index in [4.69, 9.17) is 12.2 Å². The van der Waals surface area contributed by atoms with Gasteiger partial charge in [0.15, 0.2) is 5.11 Å². The third-order valence-corrected chi connectivity index (χ3v) is 3.97. The Hall–Kier alpha value is -1.42. The summed E-state index contributed by atoms with van der Waals surface area (Å²) in [6.07, 6.45) is 5.88. The van der Waals surface area contributed by atoms with Crippen LogP contribution in [-0.4, -0.2) is 17.4 Å². The van der Waals surface area contributed by atoms with Crippen LogP contribution in [0.1, 0.15) is 38.2 Å². The summed E-state index contributed by atoms with van der Waals surface area (Å²) in [6, 6.07) is 10.4. The highest BCUT2D eigenvalue weighted by Gasteiger charge is 2.15. The van der Waals surface area contributed by atoms with Crippen LogP contribution in [0.5, 0.6) is 0 Å². The summed E-state index contributed by atoms with van der Waals surface area (Å²) in [5, 5.41) is 8.27. The van der Waals surface area contributed by atoms with E-state index < -0.39 is 0 Å². The van der Waals surface area contributed by atoms with E-state index in [1.165, 1.54) is 30.5 Å². The van der Waals surface area contributed by atoms with Gasteiger partial charge in [-0.3, -0.25) is 5.43 Å². The molecule has 0 bridgehead atoms. The molecule has 108 valence electrons. The van der Waals surface area contributed by atoms with Crippen molar-refractivity contribution < 1.29 is 0 Å². The van der Waals surface area contributed by atoms with E-state index in [2.05, 4.69) is 47.0 Å². The molecule has 2 rings (SSSR count). The second-order valence-corrected chi connectivity index (χ2v) is 5.76. The molecule has 1 atom stereocenters. The van der Waals surface area contributed by atoms with Crippen molar-refractivity contribution in [2.75, 3.05) is 6.54 Å². The highest BCUT2D eigenvalue weighted by molar-refractivity contribution is 7.80. The zero-order chi connectivity index (χ0) is 14.2. The zero-order valence-corrected chi connectivity index (χ0v) is 12.9. The normalized spacial score (nSPS) is 20.6. The molecule has 20 heavy (non-hydrogen) atoms. The maximum absolute atomic E-state index is 5.25. The largest absolute Gasteiger partial charge is 0.361 e. The molecule has 1 aromatic carbocycles. The molecule has 1 aliphatic carbocycles. The number of thiocarbonyl (C=S) groups is 1. The van der Waals surface area contributed by atoms with Crippen molar-refractivity contribution in [1.82, 2.24) is 10.7 Å². The van der Waals surface area contributed by atoms with Gasteiger partial charge in [-0.05, 0) is 49.4 Å². The van der Waals surface area contributed by atoms with Crippen molar-refractivity contribution in [3.63, 3.8) is 0 Å². The first-order chi connectivity index (χ1) is 9.75. The Balaban J connectivity index is 1.69. The predicted molar refractivity (Wildman–Crippen MR) is 88.9 cm³/mol. The highest BCUT2D eigenvalue weighted by Crippen LogP contribution is 2.20. The minimum absolute atomic E-state index is 0.586.